The average Bonchev–Trinajstić information content (AvgIpc) is 3.06. The number of carbonyl (C=O) groups excluding carboxylic acids is 1. The topological polar surface area (TPSA) is 74.5 Å². The molecule has 0 saturated heterocycles. The molecule has 0 atom stereocenters. The number of aryl methyl sites for hydroxylation is 2. The van der Waals surface area contributed by atoms with Crippen LogP contribution in [0.25, 0.3) is 17.5 Å². The van der Waals surface area contributed by atoms with Crippen molar-refractivity contribution in [1.29, 1.82) is 0 Å². The van der Waals surface area contributed by atoms with Crippen LogP contribution in [0.3, 0.4) is 0 Å². The molecule has 0 aliphatic heterocycles. The average molecular weight is 344 g/mol. The first-order valence-corrected chi connectivity index (χ1v) is 7.83. The van der Waals surface area contributed by atoms with Crippen molar-refractivity contribution in [3.05, 3.63) is 54.5 Å². The Kier molecular flexibility index (Phi) is 8.89. The van der Waals surface area contributed by atoms with E-state index in [1.54, 1.807) is 14.0 Å². The second-order valence-corrected chi connectivity index (χ2v) is 5.13. The maximum Gasteiger partial charge on any atom is 0.330 e. The van der Waals surface area contributed by atoms with E-state index in [4.69, 9.17) is 9.26 Å². The molecule has 6 heteroatoms. The van der Waals surface area contributed by atoms with Gasteiger partial charge in [0.2, 0.25) is 11.7 Å². The van der Waals surface area contributed by atoms with Crippen molar-refractivity contribution in [2.24, 2.45) is 0 Å². The third-order valence-corrected chi connectivity index (χ3v) is 3.19. The van der Waals surface area contributed by atoms with Gasteiger partial charge in [0.05, 0.1) is 6.61 Å². The van der Waals surface area contributed by atoms with Crippen molar-refractivity contribution < 1.29 is 18.8 Å². The van der Waals surface area contributed by atoms with E-state index in [-0.39, 0.29) is 5.97 Å². The highest BCUT2D eigenvalue weighted by atomic mass is 16.5. The van der Waals surface area contributed by atoms with Crippen LogP contribution in [0.2, 0.25) is 0 Å². The van der Waals surface area contributed by atoms with Crippen LogP contribution in [-0.4, -0.2) is 36.4 Å². The number of ether oxygens (including phenoxy) is 2. The zero-order chi connectivity index (χ0) is 18.7. The summed E-state index contributed by atoms with van der Waals surface area (Å²) < 4.78 is 14.3. The van der Waals surface area contributed by atoms with Crippen LogP contribution >= 0.6 is 0 Å². The second-order valence-electron chi connectivity index (χ2n) is 5.13. The van der Waals surface area contributed by atoms with Gasteiger partial charge in [0.15, 0.2) is 0 Å². The monoisotopic (exact) mass is 344 g/mol. The summed E-state index contributed by atoms with van der Waals surface area (Å²) in [4.78, 5) is 14.6. The van der Waals surface area contributed by atoms with Crippen molar-refractivity contribution in [3.63, 3.8) is 0 Å². The third-order valence-electron chi connectivity index (χ3n) is 3.19. The molecule has 0 N–H and O–H groups in total. The number of methoxy groups -OCH3 is 1. The van der Waals surface area contributed by atoms with Crippen molar-refractivity contribution in [3.8, 4) is 11.4 Å². The summed E-state index contributed by atoms with van der Waals surface area (Å²) in [7, 11) is 1.61. The fraction of sp³-hybridized carbons (Fsp3) is 0.316. The molecule has 2 rings (SSSR count). The lowest BCUT2D eigenvalue weighted by molar-refractivity contribution is -0.138. The SMILES string of the molecule is C=CC(=O)OCCCOC.C=Cc1cc(-c2noc(C)n2)ccc1C. The van der Waals surface area contributed by atoms with E-state index in [0.717, 1.165) is 23.6 Å². The first-order valence-electron chi connectivity index (χ1n) is 7.83. The molecule has 0 radical (unpaired) electrons. The Labute approximate surface area is 148 Å². The molecule has 0 unspecified atom stereocenters. The summed E-state index contributed by atoms with van der Waals surface area (Å²) in [6.45, 7) is 11.9. The largest absolute Gasteiger partial charge is 0.462 e. The Morgan fingerprint density at radius 3 is 2.60 bits per heavy atom. The van der Waals surface area contributed by atoms with Crippen LogP contribution in [0.4, 0.5) is 0 Å². The summed E-state index contributed by atoms with van der Waals surface area (Å²) >= 11 is 0. The highest BCUT2D eigenvalue weighted by molar-refractivity contribution is 5.81. The van der Waals surface area contributed by atoms with Crippen LogP contribution in [-0.2, 0) is 14.3 Å². The summed E-state index contributed by atoms with van der Waals surface area (Å²) in [6.07, 6.45) is 3.70. The minimum atomic E-state index is -0.379. The van der Waals surface area contributed by atoms with E-state index >= 15 is 0 Å². The van der Waals surface area contributed by atoms with Gasteiger partial charge in [0, 0.05) is 38.7 Å². The molecule has 0 bridgehead atoms. The Balaban J connectivity index is 0.000000275. The maximum absolute atomic E-state index is 10.4. The van der Waals surface area contributed by atoms with E-state index in [1.165, 1.54) is 5.56 Å². The van der Waals surface area contributed by atoms with Crippen LogP contribution < -0.4 is 0 Å². The molecule has 25 heavy (non-hydrogen) atoms. The van der Waals surface area contributed by atoms with E-state index < -0.39 is 0 Å². The van der Waals surface area contributed by atoms with Crippen molar-refractivity contribution >= 4 is 12.0 Å². The summed E-state index contributed by atoms with van der Waals surface area (Å²) in [6, 6.07) is 6.01. The Morgan fingerprint density at radius 2 is 2.04 bits per heavy atom. The van der Waals surface area contributed by atoms with Gasteiger partial charge in [0.1, 0.15) is 0 Å². The second kappa shape index (κ2) is 10.9. The molecular weight excluding hydrogens is 320 g/mol. The van der Waals surface area contributed by atoms with E-state index in [9.17, 15) is 4.79 Å². The molecule has 6 nitrogen and oxygen atoms in total. The molecule has 134 valence electrons. The zero-order valence-electron chi connectivity index (χ0n) is 14.9. The number of benzene rings is 1. The van der Waals surface area contributed by atoms with E-state index in [1.807, 2.05) is 31.2 Å². The molecule has 0 aliphatic carbocycles. The highest BCUT2D eigenvalue weighted by Crippen LogP contribution is 2.20. The van der Waals surface area contributed by atoms with Crippen LogP contribution in [0.15, 0.2) is 42.0 Å². The molecule has 0 saturated carbocycles. The minimum Gasteiger partial charge on any atom is -0.462 e. The van der Waals surface area contributed by atoms with Gasteiger partial charge < -0.3 is 14.0 Å². The fourth-order valence-electron chi connectivity index (χ4n) is 1.85. The maximum atomic E-state index is 10.4. The predicted molar refractivity (Wildman–Crippen MR) is 96.9 cm³/mol. The predicted octanol–water partition coefficient (Wildman–Crippen LogP) is 3.75. The van der Waals surface area contributed by atoms with Gasteiger partial charge in [-0.25, -0.2) is 4.79 Å². The van der Waals surface area contributed by atoms with Crippen LogP contribution in [0.5, 0.6) is 0 Å². The van der Waals surface area contributed by atoms with E-state index in [0.29, 0.717) is 24.9 Å². The lowest BCUT2D eigenvalue weighted by Gasteiger charge is -2.01. The number of carbonyl (C=O) groups is 1. The van der Waals surface area contributed by atoms with Gasteiger partial charge in [-0.15, -0.1) is 0 Å². The smallest absolute Gasteiger partial charge is 0.330 e. The van der Waals surface area contributed by atoms with E-state index in [2.05, 4.69) is 28.0 Å². The standard InChI is InChI=1S/C12H12N2O.C7H12O3/c1-4-10-7-11(6-5-8(10)2)12-13-9(3)15-14-12;1-3-7(8)10-6-4-5-9-2/h4-7H,1H2,2-3H3;3H,1,4-6H2,2H3. The molecule has 1 aromatic carbocycles. The summed E-state index contributed by atoms with van der Waals surface area (Å²) in [5.74, 6) is 0.817. The van der Waals surface area contributed by atoms with Crippen molar-refractivity contribution in [2.75, 3.05) is 20.3 Å². The number of hydrogen-bond acceptors (Lipinski definition) is 6. The zero-order valence-corrected chi connectivity index (χ0v) is 14.9. The first kappa shape index (κ1) is 20.3. The van der Waals surface area contributed by atoms with Gasteiger partial charge in [-0.2, -0.15) is 4.98 Å². The van der Waals surface area contributed by atoms with Gasteiger partial charge in [-0.05, 0) is 24.1 Å². The fourth-order valence-corrected chi connectivity index (χ4v) is 1.85. The Morgan fingerprint density at radius 1 is 1.28 bits per heavy atom. The van der Waals surface area contributed by atoms with Gasteiger partial charge in [-0.1, -0.05) is 36.5 Å². The van der Waals surface area contributed by atoms with Gasteiger partial charge >= 0.3 is 5.97 Å². The van der Waals surface area contributed by atoms with Gasteiger partial charge in [0.25, 0.3) is 0 Å². The van der Waals surface area contributed by atoms with Crippen molar-refractivity contribution in [2.45, 2.75) is 20.3 Å². The molecule has 1 heterocycles. The lowest BCUT2D eigenvalue weighted by atomic mass is 10.0. The van der Waals surface area contributed by atoms with Crippen molar-refractivity contribution in [1.82, 2.24) is 10.1 Å². The number of hydrogen-bond donors (Lipinski definition) is 0. The van der Waals surface area contributed by atoms with Crippen LogP contribution in [0.1, 0.15) is 23.4 Å². The Bertz CT molecular complexity index is 707. The molecule has 0 aliphatic rings. The summed E-state index contributed by atoms with van der Waals surface area (Å²) in [5.41, 5.74) is 3.23. The van der Waals surface area contributed by atoms with Crippen LogP contribution in [0, 0.1) is 13.8 Å². The molecular formula is C19H24N2O4. The quantitative estimate of drug-likeness (QED) is 0.433. The molecule has 0 amide bonds. The number of nitrogens with zero attached hydrogens (tertiary/aromatic N) is 2. The molecule has 2 aromatic rings. The first-order chi connectivity index (χ1) is 12.0. The number of aromatic nitrogens is 2. The van der Waals surface area contributed by atoms with Gasteiger partial charge in [-0.3, -0.25) is 0 Å². The normalized spacial score (nSPS) is 9.72. The Hall–Kier alpha value is -2.73. The highest BCUT2D eigenvalue weighted by Gasteiger charge is 2.06. The molecule has 0 spiro atoms. The molecule has 0 fully saturated rings. The summed E-state index contributed by atoms with van der Waals surface area (Å²) in [5, 5.41) is 3.87. The molecule has 1 aromatic heterocycles. The minimum absolute atomic E-state index is 0.379. The number of rotatable bonds is 7. The third kappa shape index (κ3) is 7.14. The number of esters is 1. The lowest BCUT2D eigenvalue weighted by Crippen LogP contribution is -2.03.